The molecule has 0 fully saturated rings. The quantitative estimate of drug-likeness (QED) is 0.755. The highest BCUT2D eigenvalue weighted by Gasteiger charge is 2.31. The minimum Gasteiger partial charge on any atom is -0.481 e. The molecule has 0 heterocycles. The van der Waals surface area contributed by atoms with Crippen LogP contribution in [0.5, 0.6) is 0 Å². The van der Waals surface area contributed by atoms with Crippen LogP contribution in [0.3, 0.4) is 0 Å². The molecule has 0 aliphatic rings. The fourth-order valence-electron chi connectivity index (χ4n) is 1.92. The summed E-state index contributed by atoms with van der Waals surface area (Å²) in [6.07, 6.45) is 0.450. The van der Waals surface area contributed by atoms with E-state index in [1.807, 2.05) is 51.1 Å². The Morgan fingerprint density at radius 1 is 1.13 bits per heavy atom. The number of ether oxygens (including phenoxy) is 1. The second kappa shape index (κ2) is 7.59. The standard InChI is InChI=1S/C18H27NO4/c1-17(2,3)23-15(20)14(11-13-9-7-6-8-10-13)19-12-18(4,5)16(21)22/h6-10,14,19H,11-12H2,1-5H3,(H,21,22)/t14-/m0/s1. The van der Waals surface area contributed by atoms with Gasteiger partial charge in [0, 0.05) is 6.54 Å². The van der Waals surface area contributed by atoms with E-state index in [4.69, 9.17) is 4.74 Å². The van der Waals surface area contributed by atoms with E-state index in [9.17, 15) is 14.7 Å². The number of rotatable bonds is 7. The zero-order valence-corrected chi connectivity index (χ0v) is 14.6. The number of aliphatic carboxylic acids is 1. The van der Waals surface area contributed by atoms with Crippen molar-refractivity contribution < 1.29 is 19.4 Å². The molecule has 128 valence electrons. The summed E-state index contributed by atoms with van der Waals surface area (Å²) in [6, 6.07) is 9.00. The molecule has 23 heavy (non-hydrogen) atoms. The number of hydrogen-bond donors (Lipinski definition) is 2. The molecule has 0 saturated carbocycles. The lowest BCUT2D eigenvalue weighted by Crippen LogP contribution is -2.47. The number of carbonyl (C=O) groups is 2. The summed E-state index contributed by atoms with van der Waals surface area (Å²) in [5.74, 6) is -1.28. The fourth-order valence-corrected chi connectivity index (χ4v) is 1.92. The van der Waals surface area contributed by atoms with Gasteiger partial charge in [-0.2, -0.15) is 0 Å². The molecule has 0 saturated heterocycles. The number of carboxylic acids is 1. The Hall–Kier alpha value is -1.88. The van der Waals surface area contributed by atoms with Crippen LogP contribution in [-0.2, 0) is 20.7 Å². The van der Waals surface area contributed by atoms with Crippen molar-refractivity contribution >= 4 is 11.9 Å². The molecule has 1 aromatic rings. The van der Waals surface area contributed by atoms with E-state index in [1.165, 1.54) is 0 Å². The van der Waals surface area contributed by atoms with Crippen LogP contribution in [0.2, 0.25) is 0 Å². The molecule has 0 radical (unpaired) electrons. The van der Waals surface area contributed by atoms with Gasteiger partial charge >= 0.3 is 11.9 Å². The van der Waals surface area contributed by atoms with Crippen LogP contribution in [0.4, 0.5) is 0 Å². The number of carboxylic acid groups (broad SMARTS) is 1. The number of carbonyl (C=O) groups excluding carboxylic acids is 1. The van der Waals surface area contributed by atoms with Crippen LogP contribution in [0, 0.1) is 5.41 Å². The van der Waals surface area contributed by atoms with Gasteiger partial charge in [-0.05, 0) is 46.6 Å². The van der Waals surface area contributed by atoms with Crippen LogP contribution < -0.4 is 5.32 Å². The van der Waals surface area contributed by atoms with Crippen molar-refractivity contribution in [2.24, 2.45) is 5.41 Å². The molecule has 0 bridgehead atoms. The minimum absolute atomic E-state index is 0.180. The monoisotopic (exact) mass is 321 g/mol. The van der Waals surface area contributed by atoms with Gasteiger partial charge in [-0.25, -0.2) is 0 Å². The Bertz CT molecular complexity index is 532. The highest BCUT2D eigenvalue weighted by molar-refractivity contribution is 5.77. The SMILES string of the molecule is CC(C)(C)OC(=O)[C@H](Cc1ccccc1)NCC(C)(C)C(=O)O. The van der Waals surface area contributed by atoms with Gasteiger partial charge < -0.3 is 15.2 Å². The van der Waals surface area contributed by atoms with Crippen molar-refractivity contribution in [3.63, 3.8) is 0 Å². The third-order valence-electron chi connectivity index (χ3n) is 3.34. The molecule has 0 aliphatic heterocycles. The number of hydrogen-bond acceptors (Lipinski definition) is 4. The largest absolute Gasteiger partial charge is 0.481 e. The highest BCUT2D eigenvalue weighted by Crippen LogP contribution is 2.16. The third kappa shape index (κ3) is 6.82. The average Bonchev–Trinajstić information content (AvgIpc) is 2.42. The molecule has 0 amide bonds. The molecule has 0 aliphatic carbocycles. The summed E-state index contributed by atoms with van der Waals surface area (Å²) in [7, 11) is 0. The molecule has 1 rings (SSSR count). The first-order valence-electron chi connectivity index (χ1n) is 7.75. The maximum Gasteiger partial charge on any atom is 0.323 e. The van der Waals surface area contributed by atoms with E-state index in [0.29, 0.717) is 6.42 Å². The zero-order chi connectivity index (χ0) is 17.7. The van der Waals surface area contributed by atoms with Gasteiger partial charge in [0.1, 0.15) is 11.6 Å². The maximum atomic E-state index is 12.4. The molecule has 1 aromatic carbocycles. The zero-order valence-electron chi connectivity index (χ0n) is 14.6. The Kier molecular flexibility index (Phi) is 6.33. The van der Waals surface area contributed by atoms with Crippen LogP contribution in [0.15, 0.2) is 30.3 Å². The predicted octanol–water partition coefficient (Wildman–Crippen LogP) is 2.64. The molecule has 0 spiro atoms. The lowest BCUT2D eigenvalue weighted by molar-refractivity contribution is -0.158. The maximum absolute atomic E-state index is 12.4. The van der Waals surface area contributed by atoms with Crippen molar-refractivity contribution in [2.45, 2.75) is 52.7 Å². The Morgan fingerprint density at radius 3 is 2.17 bits per heavy atom. The van der Waals surface area contributed by atoms with Crippen LogP contribution >= 0.6 is 0 Å². The van der Waals surface area contributed by atoms with Gasteiger partial charge in [0.05, 0.1) is 5.41 Å². The van der Waals surface area contributed by atoms with E-state index >= 15 is 0 Å². The molecule has 1 atom stereocenters. The first kappa shape index (κ1) is 19.2. The van der Waals surface area contributed by atoms with Gasteiger partial charge in [-0.1, -0.05) is 30.3 Å². The Balaban J connectivity index is 2.84. The van der Waals surface area contributed by atoms with Crippen LogP contribution in [0.1, 0.15) is 40.2 Å². The van der Waals surface area contributed by atoms with E-state index in [0.717, 1.165) is 5.56 Å². The summed E-state index contributed by atoms with van der Waals surface area (Å²) in [6.45, 7) is 8.86. The van der Waals surface area contributed by atoms with E-state index in [2.05, 4.69) is 5.32 Å². The predicted molar refractivity (Wildman–Crippen MR) is 89.2 cm³/mol. The average molecular weight is 321 g/mol. The van der Waals surface area contributed by atoms with Crippen molar-refractivity contribution in [1.29, 1.82) is 0 Å². The van der Waals surface area contributed by atoms with Crippen molar-refractivity contribution in [3.05, 3.63) is 35.9 Å². The van der Waals surface area contributed by atoms with E-state index in [1.54, 1.807) is 13.8 Å². The van der Waals surface area contributed by atoms with E-state index in [-0.39, 0.29) is 12.5 Å². The second-order valence-electron chi connectivity index (χ2n) is 7.35. The molecular formula is C18H27NO4. The smallest absolute Gasteiger partial charge is 0.323 e. The van der Waals surface area contributed by atoms with Gasteiger partial charge in [0.25, 0.3) is 0 Å². The third-order valence-corrected chi connectivity index (χ3v) is 3.34. The van der Waals surface area contributed by atoms with Gasteiger partial charge in [0.2, 0.25) is 0 Å². The molecule has 2 N–H and O–H groups in total. The summed E-state index contributed by atoms with van der Waals surface area (Å²) < 4.78 is 5.45. The summed E-state index contributed by atoms with van der Waals surface area (Å²) in [5.41, 5.74) is -0.559. The number of nitrogens with one attached hydrogen (secondary N) is 1. The second-order valence-corrected chi connectivity index (χ2v) is 7.35. The fraction of sp³-hybridized carbons (Fsp3) is 0.556. The topological polar surface area (TPSA) is 75.6 Å². The summed E-state index contributed by atoms with van der Waals surface area (Å²) >= 11 is 0. The van der Waals surface area contributed by atoms with Gasteiger partial charge in [-0.15, -0.1) is 0 Å². The van der Waals surface area contributed by atoms with E-state index < -0.39 is 23.0 Å². The first-order chi connectivity index (χ1) is 10.5. The van der Waals surface area contributed by atoms with Gasteiger partial charge in [-0.3, -0.25) is 9.59 Å². The molecule has 0 aromatic heterocycles. The lowest BCUT2D eigenvalue weighted by atomic mass is 9.93. The summed E-state index contributed by atoms with van der Waals surface area (Å²) in [5, 5.41) is 12.3. The summed E-state index contributed by atoms with van der Waals surface area (Å²) in [4.78, 5) is 23.7. The first-order valence-corrected chi connectivity index (χ1v) is 7.75. The van der Waals surface area contributed by atoms with Crippen LogP contribution in [-0.4, -0.2) is 35.2 Å². The Morgan fingerprint density at radius 2 is 1.70 bits per heavy atom. The van der Waals surface area contributed by atoms with Gasteiger partial charge in [0.15, 0.2) is 0 Å². The number of benzene rings is 1. The molecule has 0 unspecified atom stereocenters. The van der Waals surface area contributed by atoms with Crippen LogP contribution in [0.25, 0.3) is 0 Å². The minimum atomic E-state index is -0.961. The number of esters is 1. The highest BCUT2D eigenvalue weighted by atomic mass is 16.6. The van der Waals surface area contributed by atoms with Crippen molar-refractivity contribution in [2.75, 3.05) is 6.54 Å². The molecular weight excluding hydrogens is 294 g/mol. The van der Waals surface area contributed by atoms with Crippen molar-refractivity contribution in [1.82, 2.24) is 5.32 Å². The van der Waals surface area contributed by atoms with Crippen molar-refractivity contribution in [3.8, 4) is 0 Å². The molecule has 5 nitrogen and oxygen atoms in total. The molecule has 5 heteroatoms. The Labute approximate surface area is 138 Å². The normalized spacial score (nSPS) is 13.4. The lowest BCUT2D eigenvalue weighted by Gasteiger charge is -2.27.